The Bertz CT molecular complexity index is 988. The van der Waals surface area contributed by atoms with Crippen LogP contribution in [0, 0.1) is 12.3 Å². The summed E-state index contributed by atoms with van der Waals surface area (Å²) in [5.41, 5.74) is -1.29. The molecule has 2 atom stereocenters. The van der Waals surface area contributed by atoms with E-state index in [-0.39, 0.29) is 22.3 Å². The molecular formula is C22H25NO9. The Labute approximate surface area is 184 Å². The molecule has 2 rings (SSSR count). The van der Waals surface area contributed by atoms with Crippen molar-refractivity contribution in [2.45, 2.75) is 26.8 Å². The molecule has 4 N–H and O–H groups in total. The third-order valence-electron chi connectivity index (χ3n) is 5.29. The molecule has 0 spiro atoms. The highest BCUT2D eigenvalue weighted by molar-refractivity contribution is 6.09. The first-order valence-corrected chi connectivity index (χ1v) is 9.30. The van der Waals surface area contributed by atoms with Gasteiger partial charge in [-0.3, -0.25) is 9.59 Å². The van der Waals surface area contributed by atoms with E-state index in [0.717, 1.165) is 0 Å². The van der Waals surface area contributed by atoms with Crippen LogP contribution in [0.2, 0.25) is 0 Å². The summed E-state index contributed by atoms with van der Waals surface area (Å²) >= 11 is 0. The van der Waals surface area contributed by atoms with E-state index in [0.29, 0.717) is 5.57 Å². The first-order chi connectivity index (χ1) is 14.7. The van der Waals surface area contributed by atoms with Crippen LogP contribution >= 0.6 is 0 Å². The van der Waals surface area contributed by atoms with Gasteiger partial charge in [0, 0.05) is 0 Å². The number of carboxylic acid groups (broad SMARTS) is 4. The van der Waals surface area contributed by atoms with Crippen molar-refractivity contribution in [3.63, 3.8) is 0 Å². The summed E-state index contributed by atoms with van der Waals surface area (Å²) < 4.78 is 0. The van der Waals surface area contributed by atoms with Crippen LogP contribution < -0.4 is 0 Å². The van der Waals surface area contributed by atoms with E-state index in [9.17, 15) is 34.2 Å². The number of aromatic carboxylic acids is 2. The molecule has 32 heavy (non-hydrogen) atoms. The van der Waals surface area contributed by atoms with E-state index in [1.54, 1.807) is 14.1 Å². The summed E-state index contributed by atoms with van der Waals surface area (Å²) in [6.45, 7) is 4.18. The van der Waals surface area contributed by atoms with Crippen molar-refractivity contribution in [1.29, 1.82) is 0 Å². The lowest BCUT2D eigenvalue weighted by Crippen LogP contribution is -2.57. The Hall–Kier alpha value is -3.79. The molecule has 0 saturated heterocycles. The summed E-state index contributed by atoms with van der Waals surface area (Å²) in [7, 11) is 3.11. The summed E-state index contributed by atoms with van der Waals surface area (Å²) in [6, 6.07) is 3.14. The fraction of sp³-hybridized carbons (Fsp3) is 0.318. The molecule has 0 fully saturated rings. The standard InChI is InChI=1S/C13H17NO5.C9H8O4/c1-7-5-6-9(11(16)17)10(14(3)4)13(7,8(2)15)12(18)19;1-5-6(8(10)11)3-2-4-7(5)9(12)13/h5-6,10H,1-4H3,(H,16,17)(H,18,19);2-4H,1H3,(H,10,11)(H,12,13). The Morgan fingerprint density at radius 1 is 0.844 bits per heavy atom. The van der Waals surface area contributed by atoms with Crippen LogP contribution in [-0.2, 0) is 14.4 Å². The summed E-state index contributed by atoms with van der Waals surface area (Å²) in [5.74, 6) is -5.37. The maximum Gasteiger partial charge on any atom is 0.335 e. The highest BCUT2D eigenvalue weighted by Crippen LogP contribution is 2.41. The number of nitrogens with zero attached hydrogens (tertiary/aromatic N) is 1. The van der Waals surface area contributed by atoms with Crippen molar-refractivity contribution in [1.82, 2.24) is 4.90 Å². The zero-order chi connectivity index (χ0) is 25.0. The molecule has 0 radical (unpaired) electrons. The van der Waals surface area contributed by atoms with Crippen LogP contribution in [0.25, 0.3) is 0 Å². The minimum absolute atomic E-state index is 0.0277. The van der Waals surface area contributed by atoms with E-state index in [1.807, 2.05) is 0 Å². The minimum atomic E-state index is -1.86. The van der Waals surface area contributed by atoms with Crippen LogP contribution in [0.1, 0.15) is 40.1 Å². The van der Waals surface area contributed by atoms with Gasteiger partial charge in [0.05, 0.1) is 22.7 Å². The molecule has 172 valence electrons. The molecule has 1 aliphatic carbocycles. The molecule has 2 unspecified atom stereocenters. The zero-order valence-electron chi connectivity index (χ0n) is 18.2. The number of hydrogen-bond donors (Lipinski definition) is 4. The van der Waals surface area contributed by atoms with Crippen molar-refractivity contribution >= 4 is 29.7 Å². The fourth-order valence-electron chi connectivity index (χ4n) is 3.75. The van der Waals surface area contributed by atoms with Crippen LogP contribution in [-0.4, -0.2) is 75.1 Å². The SMILES string of the molecule is CC(=O)C1(C(=O)O)C(C)=CC=C(C(=O)O)C1N(C)C.Cc1c(C(=O)O)cccc1C(=O)O. The molecule has 10 nitrogen and oxygen atoms in total. The predicted molar refractivity (Wildman–Crippen MR) is 113 cm³/mol. The number of allylic oxidation sites excluding steroid dienone is 2. The number of carbonyl (C=O) groups excluding carboxylic acids is 1. The number of benzene rings is 1. The Balaban J connectivity index is 0.000000343. The zero-order valence-corrected chi connectivity index (χ0v) is 18.2. The van der Waals surface area contributed by atoms with Gasteiger partial charge in [0.15, 0.2) is 11.2 Å². The normalized spacial score (nSPS) is 19.8. The molecule has 0 aliphatic heterocycles. The summed E-state index contributed by atoms with van der Waals surface area (Å²) in [6.07, 6.45) is 2.74. The first kappa shape index (κ1) is 26.2. The molecule has 1 aromatic rings. The largest absolute Gasteiger partial charge is 0.480 e. The second-order valence-corrected chi connectivity index (χ2v) is 7.40. The van der Waals surface area contributed by atoms with E-state index < -0.39 is 41.1 Å². The number of hydrogen-bond acceptors (Lipinski definition) is 6. The quantitative estimate of drug-likeness (QED) is 0.473. The van der Waals surface area contributed by atoms with Crippen molar-refractivity contribution < 1.29 is 44.4 Å². The van der Waals surface area contributed by atoms with Gasteiger partial charge in [0.25, 0.3) is 0 Å². The smallest absolute Gasteiger partial charge is 0.335 e. The van der Waals surface area contributed by atoms with E-state index in [1.165, 1.54) is 56.0 Å². The summed E-state index contributed by atoms with van der Waals surface area (Å²) in [5, 5.41) is 36.1. The monoisotopic (exact) mass is 447 g/mol. The topological polar surface area (TPSA) is 170 Å². The van der Waals surface area contributed by atoms with Gasteiger partial charge in [-0.05, 0) is 58.1 Å². The number of aliphatic carboxylic acids is 2. The lowest BCUT2D eigenvalue weighted by atomic mass is 9.66. The molecular weight excluding hydrogens is 422 g/mol. The number of carbonyl (C=O) groups is 5. The number of Topliss-reactive ketones (excluding diaryl/α,β-unsaturated/α-hetero) is 1. The lowest BCUT2D eigenvalue weighted by Gasteiger charge is -2.41. The Morgan fingerprint density at radius 2 is 1.31 bits per heavy atom. The van der Waals surface area contributed by atoms with Crippen molar-refractivity contribution in [3.8, 4) is 0 Å². The number of rotatable bonds is 6. The van der Waals surface area contributed by atoms with Crippen molar-refractivity contribution in [2.75, 3.05) is 14.1 Å². The average molecular weight is 447 g/mol. The second-order valence-electron chi connectivity index (χ2n) is 7.40. The molecule has 1 aliphatic rings. The average Bonchev–Trinajstić information content (AvgIpc) is 2.66. The molecule has 0 heterocycles. The first-order valence-electron chi connectivity index (χ1n) is 9.30. The molecule has 0 saturated carbocycles. The van der Waals surface area contributed by atoms with Gasteiger partial charge in [0.2, 0.25) is 0 Å². The highest BCUT2D eigenvalue weighted by Gasteiger charge is 2.56. The van der Waals surface area contributed by atoms with Gasteiger partial charge in [-0.15, -0.1) is 0 Å². The predicted octanol–water partition coefficient (Wildman–Crippen LogP) is 1.94. The summed E-state index contributed by atoms with van der Waals surface area (Å²) in [4.78, 5) is 57.6. The van der Waals surface area contributed by atoms with E-state index >= 15 is 0 Å². The molecule has 0 aromatic heterocycles. The van der Waals surface area contributed by atoms with Gasteiger partial charge in [-0.25, -0.2) is 14.4 Å². The third-order valence-corrected chi connectivity index (χ3v) is 5.29. The Morgan fingerprint density at radius 3 is 1.62 bits per heavy atom. The van der Waals surface area contributed by atoms with E-state index in [2.05, 4.69) is 0 Å². The van der Waals surface area contributed by atoms with Crippen molar-refractivity contribution in [2.24, 2.45) is 5.41 Å². The van der Waals surface area contributed by atoms with Crippen LogP contribution in [0.5, 0.6) is 0 Å². The van der Waals surface area contributed by atoms with E-state index in [4.69, 9.17) is 10.2 Å². The third kappa shape index (κ3) is 4.75. The number of ketones is 1. The van der Waals surface area contributed by atoms with Gasteiger partial charge in [-0.2, -0.15) is 0 Å². The van der Waals surface area contributed by atoms with Crippen LogP contribution in [0.15, 0.2) is 41.5 Å². The van der Waals surface area contributed by atoms with Gasteiger partial charge in [0.1, 0.15) is 0 Å². The number of carboxylic acids is 4. The van der Waals surface area contributed by atoms with Gasteiger partial charge in [-0.1, -0.05) is 18.2 Å². The maximum absolute atomic E-state index is 12.0. The van der Waals surface area contributed by atoms with Crippen molar-refractivity contribution in [3.05, 3.63) is 58.2 Å². The minimum Gasteiger partial charge on any atom is -0.480 e. The maximum atomic E-state index is 12.0. The lowest BCUT2D eigenvalue weighted by molar-refractivity contribution is -0.155. The molecule has 0 amide bonds. The Kier molecular flexibility index (Phi) is 8.21. The molecule has 10 heteroatoms. The second kappa shape index (κ2) is 10.0. The van der Waals surface area contributed by atoms with Crippen LogP contribution in [0.4, 0.5) is 0 Å². The molecule has 1 aromatic carbocycles. The van der Waals surface area contributed by atoms with Gasteiger partial charge >= 0.3 is 23.9 Å². The van der Waals surface area contributed by atoms with Gasteiger partial charge < -0.3 is 25.3 Å². The number of likely N-dealkylation sites (N-methyl/N-ethyl adjacent to an activating group) is 1. The molecule has 0 bridgehead atoms. The van der Waals surface area contributed by atoms with Crippen LogP contribution in [0.3, 0.4) is 0 Å². The highest BCUT2D eigenvalue weighted by atomic mass is 16.4. The fourth-order valence-corrected chi connectivity index (χ4v) is 3.75.